The fourth-order valence-corrected chi connectivity index (χ4v) is 5.09. The number of aliphatic hydroxyl groups is 1. The third kappa shape index (κ3) is 6.66. The highest BCUT2D eigenvalue weighted by Gasteiger charge is 2.33. The Bertz CT molecular complexity index is 1020. The first kappa shape index (κ1) is 26.3. The molecule has 0 radical (unpaired) electrons. The average Bonchev–Trinajstić information content (AvgIpc) is 2.81. The highest BCUT2D eigenvalue weighted by Crippen LogP contribution is 2.35. The van der Waals surface area contributed by atoms with Crippen LogP contribution >= 0.6 is 47.2 Å². The second-order valence-corrected chi connectivity index (χ2v) is 9.91. The molecule has 1 unspecified atom stereocenters. The average molecular weight is 525 g/mol. The zero-order valence-corrected chi connectivity index (χ0v) is 21.5. The summed E-state index contributed by atoms with van der Waals surface area (Å²) >= 11 is 18.5. The van der Waals surface area contributed by atoms with Gasteiger partial charge in [-0.25, -0.2) is 0 Å². The van der Waals surface area contributed by atoms with Crippen LogP contribution in [0.2, 0.25) is 15.1 Å². The van der Waals surface area contributed by atoms with Crippen molar-refractivity contribution in [1.82, 2.24) is 4.90 Å². The van der Waals surface area contributed by atoms with Crippen molar-refractivity contribution < 1.29 is 5.11 Å². The molecule has 0 spiro atoms. The zero-order chi connectivity index (χ0) is 22.6. The molecule has 6 heteroatoms. The first-order valence-corrected chi connectivity index (χ1v) is 12.3. The van der Waals surface area contributed by atoms with E-state index in [2.05, 4.69) is 35.2 Å². The molecule has 4 rings (SSSR count). The van der Waals surface area contributed by atoms with Crippen LogP contribution in [-0.2, 0) is 5.60 Å². The van der Waals surface area contributed by atoms with Crippen molar-refractivity contribution in [2.45, 2.75) is 37.2 Å². The van der Waals surface area contributed by atoms with Crippen LogP contribution in [0, 0.1) is 0 Å². The molecular weight excluding hydrogens is 496 g/mol. The van der Waals surface area contributed by atoms with E-state index < -0.39 is 5.60 Å². The van der Waals surface area contributed by atoms with Gasteiger partial charge in [0.15, 0.2) is 0 Å². The summed E-state index contributed by atoms with van der Waals surface area (Å²) in [6.45, 7) is 2.80. The smallest absolute Gasteiger partial charge is 0.0920 e. The topological polar surface area (TPSA) is 23.5 Å². The molecule has 0 aliphatic carbocycles. The molecule has 1 aliphatic rings. The summed E-state index contributed by atoms with van der Waals surface area (Å²) < 4.78 is 0. The van der Waals surface area contributed by atoms with E-state index in [1.807, 2.05) is 42.5 Å². The lowest BCUT2D eigenvalue weighted by Crippen LogP contribution is -2.42. The van der Waals surface area contributed by atoms with Gasteiger partial charge in [0.1, 0.15) is 0 Å². The van der Waals surface area contributed by atoms with E-state index in [9.17, 15) is 5.11 Å². The predicted molar refractivity (Wildman–Crippen MR) is 142 cm³/mol. The molecule has 0 saturated carbocycles. The van der Waals surface area contributed by atoms with Gasteiger partial charge in [-0.3, -0.25) is 0 Å². The van der Waals surface area contributed by atoms with E-state index in [0.717, 1.165) is 50.9 Å². The Hall–Kier alpha value is -1.26. The summed E-state index contributed by atoms with van der Waals surface area (Å²) in [7, 11) is 0. The van der Waals surface area contributed by atoms with Gasteiger partial charge in [-0.1, -0.05) is 83.3 Å². The number of piperidine rings is 1. The predicted octanol–water partition coefficient (Wildman–Crippen LogP) is 7.96. The Morgan fingerprint density at radius 1 is 0.818 bits per heavy atom. The van der Waals surface area contributed by atoms with Gasteiger partial charge < -0.3 is 10.0 Å². The lowest BCUT2D eigenvalue weighted by atomic mass is 9.84. The SMILES string of the molecule is Cl.OC1(c2ccc(Cl)cc2)CCN(CCCC(c2ccccc2)c2ccc(Cl)c(Cl)c2)CC1. The number of rotatable bonds is 7. The Morgan fingerprint density at radius 3 is 2.12 bits per heavy atom. The first-order chi connectivity index (χ1) is 15.4. The van der Waals surface area contributed by atoms with Crippen LogP contribution in [0.5, 0.6) is 0 Å². The van der Waals surface area contributed by atoms with Gasteiger partial charge in [0.2, 0.25) is 0 Å². The molecule has 0 bridgehead atoms. The van der Waals surface area contributed by atoms with Gasteiger partial charge in [-0.15, -0.1) is 12.4 Å². The van der Waals surface area contributed by atoms with Gasteiger partial charge in [-0.2, -0.15) is 0 Å². The lowest BCUT2D eigenvalue weighted by molar-refractivity contribution is -0.0261. The first-order valence-electron chi connectivity index (χ1n) is 11.2. The Kier molecular flexibility index (Phi) is 9.52. The quantitative estimate of drug-likeness (QED) is 0.338. The highest BCUT2D eigenvalue weighted by atomic mass is 35.5. The standard InChI is InChI=1S/C27H28Cl3NO.ClH/c28-23-11-9-22(10-12-23)27(32)14-17-31(18-15-27)16-4-7-24(20-5-2-1-3-6-20)21-8-13-25(29)26(30)19-21;/h1-3,5-6,8-13,19,24,32H,4,7,14-18H2;1H. The molecular formula is C27H29Cl4NO. The number of hydrogen-bond donors (Lipinski definition) is 1. The summed E-state index contributed by atoms with van der Waals surface area (Å²) in [4.78, 5) is 2.46. The Morgan fingerprint density at radius 2 is 1.48 bits per heavy atom. The van der Waals surface area contributed by atoms with Gasteiger partial charge in [0.25, 0.3) is 0 Å². The summed E-state index contributed by atoms with van der Waals surface area (Å²) in [6, 6.07) is 24.1. The van der Waals surface area contributed by atoms with E-state index in [4.69, 9.17) is 34.8 Å². The van der Waals surface area contributed by atoms with Crippen LogP contribution in [0.15, 0.2) is 72.8 Å². The van der Waals surface area contributed by atoms with Crippen molar-refractivity contribution in [1.29, 1.82) is 0 Å². The molecule has 1 atom stereocenters. The van der Waals surface area contributed by atoms with Crippen LogP contribution in [0.25, 0.3) is 0 Å². The number of halogens is 4. The maximum Gasteiger partial charge on any atom is 0.0920 e. The molecule has 1 fully saturated rings. The largest absolute Gasteiger partial charge is 0.385 e. The van der Waals surface area contributed by atoms with E-state index in [0.29, 0.717) is 15.1 Å². The van der Waals surface area contributed by atoms with Crippen LogP contribution in [0.4, 0.5) is 0 Å². The van der Waals surface area contributed by atoms with E-state index in [-0.39, 0.29) is 18.3 Å². The third-order valence-electron chi connectivity index (χ3n) is 6.58. The van der Waals surface area contributed by atoms with E-state index in [1.165, 1.54) is 11.1 Å². The summed E-state index contributed by atoms with van der Waals surface area (Å²) in [5, 5.41) is 13.0. The van der Waals surface area contributed by atoms with Crippen molar-refractivity contribution in [2.75, 3.05) is 19.6 Å². The monoisotopic (exact) mass is 523 g/mol. The van der Waals surface area contributed by atoms with E-state index in [1.54, 1.807) is 0 Å². The maximum atomic E-state index is 11.1. The van der Waals surface area contributed by atoms with Gasteiger partial charge in [0, 0.05) is 24.0 Å². The van der Waals surface area contributed by atoms with Gasteiger partial charge in [-0.05, 0) is 73.2 Å². The molecule has 1 saturated heterocycles. The molecule has 1 aliphatic heterocycles. The molecule has 1 N–H and O–H groups in total. The summed E-state index contributed by atoms with van der Waals surface area (Å²) in [5.41, 5.74) is 2.70. The fourth-order valence-electron chi connectivity index (χ4n) is 4.65. The molecule has 0 aromatic heterocycles. The molecule has 33 heavy (non-hydrogen) atoms. The minimum Gasteiger partial charge on any atom is -0.385 e. The summed E-state index contributed by atoms with van der Waals surface area (Å²) in [6.07, 6.45) is 3.58. The second kappa shape index (κ2) is 11.9. The van der Waals surface area contributed by atoms with Crippen molar-refractivity contribution in [3.63, 3.8) is 0 Å². The molecule has 3 aromatic carbocycles. The van der Waals surface area contributed by atoms with Crippen molar-refractivity contribution in [3.05, 3.63) is 105 Å². The highest BCUT2D eigenvalue weighted by molar-refractivity contribution is 6.42. The van der Waals surface area contributed by atoms with Crippen LogP contribution in [-0.4, -0.2) is 29.6 Å². The van der Waals surface area contributed by atoms with Crippen molar-refractivity contribution in [2.24, 2.45) is 0 Å². The minimum absolute atomic E-state index is 0. The van der Waals surface area contributed by atoms with Crippen molar-refractivity contribution in [3.8, 4) is 0 Å². The number of benzene rings is 3. The second-order valence-electron chi connectivity index (χ2n) is 8.66. The minimum atomic E-state index is -0.756. The van der Waals surface area contributed by atoms with E-state index >= 15 is 0 Å². The lowest BCUT2D eigenvalue weighted by Gasteiger charge is -2.38. The number of nitrogens with zero attached hydrogens (tertiary/aromatic N) is 1. The van der Waals surface area contributed by atoms with Crippen LogP contribution in [0.3, 0.4) is 0 Å². The fraction of sp³-hybridized carbons (Fsp3) is 0.333. The maximum absolute atomic E-state index is 11.1. The zero-order valence-electron chi connectivity index (χ0n) is 18.4. The molecule has 2 nitrogen and oxygen atoms in total. The van der Waals surface area contributed by atoms with Crippen molar-refractivity contribution >= 4 is 47.2 Å². The molecule has 176 valence electrons. The molecule has 3 aromatic rings. The van der Waals surface area contributed by atoms with Gasteiger partial charge >= 0.3 is 0 Å². The molecule has 1 heterocycles. The van der Waals surface area contributed by atoms with Crippen LogP contribution < -0.4 is 0 Å². The normalized spacial score (nSPS) is 16.7. The molecule has 0 amide bonds. The number of hydrogen-bond acceptors (Lipinski definition) is 2. The Labute approximate surface area is 217 Å². The summed E-state index contributed by atoms with van der Waals surface area (Å²) in [5.74, 6) is 0.279. The number of likely N-dealkylation sites (tertiary alicyclic amines) is 1. The Balaban J connectivity index is 0.00000306. The third-order valence-corrected chi connectivity index (χ3v) is 7.57. The van der Waals surface area contributed by atoms with Crippen LogP contribution in [0.1, 0.15) is 48.3 Å². The van der Waals surface area contributed by atoms with Gasteiger partial charge in [0.05, 0.1) is 15.6 Å².